The zero-order valence-electron chi connectivity index (χ0n) is 14.1. The third-order valence-corrected chi connectivity index (χ3v) is 3.71. The first-order chi connectivity index (χ1) is 10.6. The monoisotopic (exact) mass is 307 g/mol. The van der Waals surface area contributed by atoms with Crippen molar-refractivity contribution in [3.05, 3.63) is 23.6 Å². The molecule has 1 atom stereocenters. The van der Waals surface area contributed by atoms with Gasteiger partial charge in [0.05, 0.1) is 0 Å². The van der Waals surface area contributed by atoms with E-state index in [9.17, 15) is 9.59 Å². The lowest BCUT2D eigenvalue weighted by atomic mass is 10.1. The van der Waals surface area contributed by atoms with Gasteiger partial charge in [-0.3, -0.25) is 14.9 Å². The summed E-state index contributed by atoms with van der Waals surface area (Å²) in [6.45, 7) is 6.23. The second-order valence-corrected chi connectivity index (χ2v) is 5.95. The van der Waals surface area contributed by atoms with E-state index in [4.69, 9.17) is 4.74 Å². The number of unbranched alkanes of at least 4 members (excludes halogenated alkanes) is 4. The largest absolute Gasteiger partial charge is 0.465 e. The van der Waals surface area contributed by atoms with E-state index in [1.165, 1.54) is 25.3 Å². The molecule has 1 saturated heterocycles. The Morgan fingerprint density at radius 2 is 1.91 bits per heavy atom. The molecule has 1 fully saturated rings. The third-order valence-electron chi connectivity index (χ3n) is 3.71. The van der Waals surface area contributed by atoms with Crippen LogP contribution in [-0.2, 0) is 14.3 Å². The summed E-state index contributed by atoms with van der Waals surface area (Å²) >= 11 is 0. The molecule has 1 heterocycles. The molecule has 0 saturated carbocycles. The smallest absolute Gasteiger partial charge is 0.267 e. The summed E-state index contributed by atoms with van der Waals surface area (Å²) in [5.41, 5.74) is 1.07. The topological polar surface area (TPSA) is 55.4 Å². The average molecular weight is 307 g/mol. The predicted octanol–water partition coefficient (Wildman–Crippen LogP) is 4.02. The summed E-state index contributed by atoms with van der Waals surface area (Å²) in [6.07, 6.45) is 10.9. The second kappa shape index (κ2) is 10.2. The Kier molecular flexibility index (Phi) is 8.56. The van der Waals surface area contributed by atoms with Crippen LogP contribution < -0.4 is 5.32 Å². The summed E-state index contributed by atoms with van der Waals surface area (Å²) in [5, 5.41) is 2.63. The van der Waals surface area contributed by atoms with Crippen molar-refractivity contribution in [2.24, 2.45) is 0 Å². The van der Waals surface area contributed by atoms with Crippen LogP contribution in [0.4, 0.5) is 0 Å². The van der Waals surface area contributed by atoms with Crippen molar-refractivity contribution in [2.75, 3.05) is 0 Å². The normalized spacial score (nSPS) is 20.1. The van der Waals surface area contributed by atoms with E-state index in [0.29, 0.717) is 6.42 Å². The van der Waals surface area contributed by atoms with E-state index < -0.39 is 6.10 Å². The summed E-state index contributed by atoms with van der Waals surface area (Å²) in [6, 6.07) is 0. The molecule has 0 bridgehead atoms. The number of nitrogens with one attached hydrogen (secondary N) is 1. The van der Waals surface area contributed by atoms with Crippen molar-refractivity contribution in [1.82, 2.24) is 5.32 Å². The van der Waals surface area contributed by atoms with Gasteiger partial charge in [-0.25, -0.2) is 0 Å². The van der Waals surface area contributed by atoms with Gasteiger partial charge in [0.25, 0.3) is 5.91 Å². The number of carbonyl (C=O) groups excluding carboxylic acids is 2. The van der Waals surface area contributed by atoms with Crippen LogP contribution in [0.1, 0.15) is 72.1 Å². The minimum atomic E-state index is -0.446. The molecule has 0 aromatic rings. The molecule has 1 aliphatic heterocycles. The minimum absolute atomic E-state index is 0.126. The number of allylic oxidation sites excluding steroid dienone is 3. The van der Waals surface area contributed by atoms with E-state index >= 15 is 0 Å². The first-order valence-electron chi connectivity index (χ1n) is 8.47. The molecule has 0 radical (unpaired) electrons. The number of ketones is 1. The first kappa shape index (κ1) is 18.5. The SMILES string of the molecule is CCCCCC/C(C)=C/C(=O)C=C1NC(=O)C(CCCC)O1. The summed E-state index contributed by atoms with van der Waals surface area (Å²) in [4.78, 5) is 23.6. The van der Waals surface area contributed by atoms with Crippen molar-refractivity contribution in [3.8, 4) is 0 Å². The van der Waals surface area contributed by atoms with Crippen LogP contribution in [0.2, 0.25) is 0 Å². The highest BCUT2D eigenvalue weighted by Crippen LogP contribution is 2.16. The number of hydrogen-bond acceptors (Lipinski definition) is 3. The first-order valence-corrected chi connectivity index (χ1v) is 8.47. The van der Waals surface area contributed by atoms with Crippen molar-refractivity contribution in [3.63, 3.8) is 0 Å². The van der Waals surface area contributed by atoms with Gasteiger partial charge in [-0.2, -0.15) is 0 Å². The molecule has 0 spiro atoms. The molecule has 1 N–H and O–H groups in total. The zero-order valence-corrected chi connectivity index (χ0v) is 14.1. The fraction of sp³-hybridized carbons (Fsp3) is 0.667. The molecule has 4 nitrogen and oxygen atoms in total. The van der Waals surface area contributed by atoms with Crippen LogP contribution in [0.25, 0.3) is 0 Å². The Bertz CT molecular complexity index is 438. The van der Waals surface area contributed by atoms with Gasteiger partial charge in [-0.15, -0.1) is 0 Å². The molecular formula is C18H29NO3. The van der Waals surface area contributed by atoms with Gasteiger partial charge in [0, 0.05) is 6.08 Å². The fourth-order valence-electron chi connectivity index (χ4n) is 2.40. The van der Waals surface area contributed by atoms with Crippen LogP contribution in [-0.4, -0.2) is 17.8 Å². The Labute approximate surface area is 134 Å². The van der Waals surface area contributed by atoms with Crippen LogP contribution in [0, 0.1) is 0 Å². The minimum Gasteiger partial charge on any atom is -0.465 e. The molecule has 0 aliphatic carbocycles. The van der Waals surface area contributed by atoms with E-state index in [-0.39, 0.29) is 17.6 Å². The number of amides is 1. The molecule has 0 aromatic carbocycles. The van der Waals surface area contributed by atoms with E-state index in [0.717, 1.165) is 31.3 Å². The number of ether oxygens (including phenoxy) is 1. The molecular weight excluding hydrogens is 278 g/mol. The second-order valence-electron chi connectivity index (χ2n) is 5.95. The van der Waals surface area contributed by atoms with E-state index in [1.807, 2.05) is 6.92 Å². The van der Waals surface area contributed by atoms with Gasteiger partial charge in [-0.05, 0) is 38.7 Å². The Hall–Kier alpha value is -1.58. The number of rotatable bonds is 10. The molecule has 1 rings (SSSR count). The number of carbonyl (C=O) groups is 2. The van der Waals surface area contributed by atoms with Crippen LogP contribution in [0.5, 0.6) is 0 Å². The van der Waals surface area contributed by atoms with Crippen molar-refractivity contribution >= 4 is 11.7 Å². The van der Waals surface area contributed by atoms with Crippen LogP contribution >= 0.6 is 0 Å². The van der Waals surface area contributed by atoms with Crippen molar-refractivity contribution in [2.45, 2.75) is 78.2 Å². The Balaban J connectivity index is 2.44. The fourth-order valence-corrected chi connectivity index (χ4v) is 2.40. The average Bonchev–Trinajstić information content (AvgIpc) is 2.81. The highest BCUT2D eigenvalue weighted by molar-refractivity contribution is 6.00. The van der Waals surface area contributed by atoms with Gasteiger partial charge < -0.3 is 4.74 Å². The zero-order chi connectivity index (χ0) is 16.4. The molecule has 1 aliphatic rings. The van der Waals surface area contributed by atoms with Crippen LogP contribution in [0.15, 0.2) is 23.6 Å². The molecule has 4 heteroatoms. The summed E-state index contributed by atoms with van der Waals surface area (Å²) in [7, 11) is 0. The van der Waals surface area contributed by atoms with Crippen molar-refractivity contribution in [1.29, 1.82) is 0 Å². The summed E-state index contributed by atoms with van der Waals surface area (Å²) < 4.78 is 5.49. The van der Waals surface area contributed by atoms with Gasteiger partial charge >= 0.3 is 0 Å². The Morgan fingerprint density at radius 1 is 1.18 bits per heavy atom. The highest BCUT2D eigenvalue weighted by Gasteiger charge is 2.29. The maximum Gasteiger partial charge on any atom is 0.267 e. The maximum atomic E-state index is 11.9. The van der Waals surface area contributed by atoms with Gasteiger partial charge in [0.15, 0.2) is 17.8 Å². The van der Waals surface area contributed by atoms with E-state index in [2.05, 4.69) is 19.2 Å². The van der Waals surface area contributed by atoms with Gasteiger partial charge in [0.2, 0.25) is 0 Å². The predicted molar refractivity (Wildman–Crippen MR) is 88.1 cm³/mol. The Morgan fingerprint density at radius 3 is 2.59 bits per heavy atom. The molecule has 0 aromatic heterocycles. The third kappa shape index (κ3) is 6.92. The standard InChI is InChI=1S/C18H29NO3/c1-4-6-8-9-10-14(3)12-15(20)13-17-19-18(21)16(22-17)11-7-5-2/h12-13,16H,4-11H2,1-3H3,(H,19,21)/b14-12+,17-13?. The maximum absolute atomic E-state index is 11.9. The molecule has 1 unspecified atom stereocenters. The van der Waals surface area contributed by atoms with Crippen LogP contribution in [0.3, 0.4) is 0 Å². The highest BCUT2D eigenvalue weighted by atomic mass is 16.5. The van der Waals surface area contributed by atoms with Gasteiger partial charge in [0.1, 0.15) is 0 Å². The lowest BCUT2D eigenvalue weighted by molar-refractivity contribution is -0.123. The lowest BCUT2D eigenvalue weighted by Gasteiger charge is -2.05. The number of hydrogen-bond donors (Lipinski definition) is 1. The van der Waals surface area contributed by atoms with Crippen molar-refractivity contribution < 1.29 is 14.3 Å². The molecule has 124 valence electrons. The lowest BCUT2D eigenvalue weighted by Crippen LogP contribution is -2.22. The van der Waals surface area contributed by atoms with E-state index in [1.54, 1.807) is 6.08 Å². The van der Waals surface area contributed by atoms with Gasteiger partial charge in [-0.1, -0.05) is 45.1 Å². The molecule has 22 heavy (non-hydrogen) atoms. The molecule has 1 amide bonds. The quantitative estimate of drug-likeness (QED) is 0.490. The summed E-state index contributed by atoms with van der Waals surface area (Å²) in [5.74, 6) is 0.0123.